The average molecular weight is 427 g/mol. The molecule has 0 aliphatic carbocycles. The fraction of sp³-hybridized carbons (Fsp3) is 0.667. The largest absolute Gasteiger partial charge is 0.454 e. The molecule has 1 aromatic carbocycles. The lowest BCUT2D eigenvalue weighted by Crippen LogP contribution is -2.61. The van der Waals surface area contributed by atoms with E-state index in [0.717, 1.165) is 5.56 Å². The van der Waals surface area contributed by atoms with Gasteiger partial charge in [-0.25, -0.2) is 0 Å². The van der Waals surface area contributed by atoms with Gasteiger partial charge in [-0.3, -0.25) is 4.79 Å². The standard InChI is InChI=1S/C21H34O7Si/c1-14(22)27-19-18(25-12-15-10-8-7-9-11-15)17(23)16(28-20(19)24)13-26-29(5,6)21(2,3)4/h7-11,16-20,23-24H,12-13H2,1-6H3/t16-,17-,18+,19-,20?/m1/s1. The minimum atomic E-state index is -2.08. The zero-order valence-corrected chi connectivity index (χ0v) is 19.1. The molecule has 29 heavy (non-hydrogen) atoms. The summed E-state index contributed by atoms with van der Waals surface area (Å²) in [6.45, 7) is 12.1. The molecule has 5 atom stereocenters. The molecule has 0 aromatic heterocycles. The van der Waals surface area contributed by atoms with Crippen LogP contribution in [0, 0.1) is 0 Å². The number of rotatable bonds is 7. The number of carbonyl (C=O) groups is 1. The van der Waals surface area contributed by atoms with Gasteiger partial charge in [0.1, 0.15) is 18.3 Å². The molecule has 1 aliphatic heterocycles. The summed E-state index contributed by atoms with van der Waals surface area (Å²) in [5.41, 5.74) is 0.899. The van der Waals surface area contributed by atoms with Crippen molar-refractivity contribution in [3.63, 3.8) is 0 Å². The molecular weight excluding hydrogens is 392 g/mol. The zero-order valence-electron chi connectivity index (χ0n) is 18.1. The molecule has 0 radical (unpaired) electrons. The first-order valence-electron chi connectivity index (χ1n) is 9.90. The van der Waals surface area contributed by atoms with E-state index in [2.05, 4.69) is 33.9 Å². The Bertz CT molecular complexity index is 659. The number of aliphatic hydroxyl groups is 2. The lowest BCUT2D eigenvalue weighted by atomic mass is 9.98. The van der Waals surface area contributed by atoms with Crippen LogP contribution in [0.25, 0.3) is 0 Å². The van der Waals surface area contributed by atoms with E-state index in [0.29, 0.717) is 0 Å². The molecule has 1 aromatic rings. The van der Waals surface area contributed by atoms with Gasteiger partial charge in [0.25, 0.3) is 0 Å². The SMILES string of the molecule is CC(=O)O[C@H]1C(O)O[C@H](CO[Si](C)(C)C(C)(C)C)[C@@H](O)[C@@H]1OCc1ccccc1. The zero-order chi connectivity index (χ0) is 21.8. The van der Waals surface area contributed by atoms with Crippen molar-refractivity contribution in [2.75, 3.05) is 6.61 Å². The van der Waals surface area contributed by atoms with Crippen LogP contribution >= 0.6 is 0 Å². The van der Waals surface area contributed by atoms with Crippen molar-refractivity contribution in [1.29, 1.82) is 0 Å². The van der Waals surface area contributed by atoms with Gasteiger partial charge in [-0.15, -0.1) is 0 Å². The fourth-order valence-electron chi connectivity index (χ4n) is 2.83. The Labute approximate surface area is 174 Å². The van der Waals surface area contributed by atoms with Crippen molar-refractivity contribution in [3.8, 4) is 0 Å². The average Bonchev–Trinajstić information content (AvgIpc) is 2.62. The monoisotopic (exact) mass is 426 g/mol. The van der Waals surface area contributed by atoms with E-state index in [1.54, 1.807) is 0 Å². The topological polar surface area (TPSA) is 94.5 Å². The summed E-state index contributed by atoms with van der Waals surface area (Å²) in [6, 6.07) is 9.44. The second-order valence-corrected chi connectivity index (χ2v) is 13.8. The molecule has 8 heteroatoms. The Hall–Kier alpha value is -1.29. The maximum atomic E-state index is 11.5. The van der Waals surface area contributed by atoms with Crippen LogP contribution in [0.5, 0.6) is 0 Å². The highest BCUT2D eigenvalue weighted by atomic mass is 28.4. The van der Waals surface area contributed by atoms with Crippen molar-refractivity contribution < 1.29 is 33.6 Å². The van der Waals surface area contributed by atoms with E-state index < -0.39 is 45.0 Å². The third-order valence-corrected chi connectivity index (χ3v) is 10.1. The summed E-state index contributed by atoms with van der Waals surface area (Å²) in [5, 5.41) is 21.3. The van der Waals surface area contributed by atoms with E-state index in [1.807, 2.05) is 30.3 Å². The molecule has 0 amide bonds. The van der Waals surface area contributed by atoms with Gasteiger partial charge in [-0.05, 0) is 23.7 Å². The summed E-state index contributed by atoms with van der Waals surface area (Å²) in [4.78, 5) is 11.5. The molecule has 1 saturated heterocycles. The molecule has 2 N–H and O–H groups in total. The molecule has 7 nitrogen and oxygen atoms in total. The van der Waals surface area contributed by atoms with Gasteiger partial charge in [-0.1, -0.05) is 51.1 Å². The normalized spacial score (nSPS) is 28.2. The highest BCUT2D eigenvalue weighted by Gasteiger charge is 2.48. The van der Waals surface area contributed by atoms with Crippen molar-refractivity contribution >= 4 is 14.3 Å². The number of benzene rings is 1. The first-order chi connectivity index (χ1) is 13.4. The van der Waals surface area contributed by atoms with Crippen molar-refractivity contribution in [2.24, 2.45) is 0 Å². The quantitative estimate of drug-likeness (QED) is 0.511. The predicted octanol–water partition coefficient (Wildman–Crippen LogP) is 2.60. The molecule has 2 rings (SSSR count). The summed E-state index contributed by atoms with van der Waals surface area (Å²) < 4.78 is 22.8. The van der Waals surface area contributed by atoms with Gasteiger partial charge < -0.3 is 28.8 Å². The molecule has 0 saturated carbocycles. The van der Waals surface area contributed by atoms with Crippen LogP contribution in [0.3, 0.4) is 0 Å². The van der Waals surface area contributed by atoms with E-state index in [-0.39, 0.29) is 18.3 Å². The van der Waals surface area contributed by atoms with Crippen LogP contribution < -0.4 is 0 Å². The lowest BCUT2D eigenvalue weighted by molar-refractivity contribution is -0.298. The number of aliphatic hydroxyl groups excluding tert-OH is 2. The minimum Gasteiger partial charge on any atom is -0.454 e. The van der Waals surface area contributed by atoms with E-state index >= 15 is 0 Å². The van der Waals surface area contributed by atoms with Crippen LogP contribution in [-0.4, -0.2) is 61.8 Å². The number of carbonyl (C=O) groups excluding carboxylic acids is 1. The smallest absolute Gasteiger partial charge is 0.303 e. The van der Waals surface area contributed by atoms with Crippen molar-refractivity contribution in [1.82, 2.24) is 0 Å². The van der Waals surface area contributed by atoms with Gasteiger partial charge in [0.05, 0.1) is 13.2 Å². The van der Waals surface area contributed by atoms with Crippen LogP contribution in [0.4, 0.5) is 0 Å². The van der Waals surface area contributed by atoms with Gasteiger partial charge in [0, 0.05) is 6.92 Å². The molecular formula is C21H34O7Si. The Morgan fingerprint density at radius 1 is 1.14 bits per heavy atom. The summed E-state index contributed by atoms with van der Waals surface area (Å²) in [5.74, 6) is -0.589. The van der Waals surface area contributed by atoms with Crippen molar-refractivity contribution in [2.45, 2.75) is 83.1 Å². The number of esters is 1. The molecule has 0 spiro atoms. The Kier molecular flexibility index (Phi) is 8.00. The third-order valence-electron chi connectivity index (χ3n) is 5.64. The summed E-state index contributed by atoms with van der Waals surface area (Å²) in [7, 11) is -2.08. The van der Waals surface area contributed by atoms with Crippen LogP contribution in [0.1, 0.15) is 33.3 Å². The van der Waals surface area contributed by atoms with Crippen LogP contribution in [-0.2, 0) is 30.0 Å². The second kappa shape index (κ2) is 9.68. The molecule has 1 unspecified atom stereocenters. The fourth-order valence-corrected chi connectivity index (χ4v) is 3.84. The van der Waals surface area contributed by atoms with E-state index in [1.165, 1.54) is 6.92 Å². The Morgan fingerprint density at radius 2 is 1.76 bits per heavy atom. The molecule has 1 heterocycles. The van der Waals surface area contributed by atoms with Crippen molar-refractivity contribution in [3.05, 3.63) is 35.9 Å². The van der Waals surface area contributed by atoms with Crippen LogP contribution in [0.15, 0.2) is 30.3 Å². The lowest BCUT2D eigenvalue weighted by Gasteiger charge is -2.43. The molecule has 164 valence electrons. The maximum absolute atomic E-state index is 11.5. The first kappa shape index (κ1) is 24.0. The molecule has 0 bridgehead atoms. The maximum Gasteiger partial charge on any atom is 0.303 e. The number of hydrogen-bond donors (Lipinski definition) is 2. The van der Waals surface area contributed by atoms with Gasteiger partial charge in [0.2, 0.25) is 0 Å². The summed E-state index contributed by atoms with van der Waals surface area (Å²) >= 11 is 0. The highest BCUT2D eigenvalue weighted by Crippen LogP contribution is 2.37. The predicted molar refractivity (Wildman–Crippen MR) is 111 cm³/mol. The molecule has 1 fully saturated rings. The third kappa shape index (κ3) is 6.34. The van der Waals surface area contributed by atoms with Gasteiger partial charge in [-0.2, -0.15) is 0 Å². The number of ether oxygens (including phenoxy) is 3. The minimum absolute atomic E-state index is 0.00524. The number of hydrogen-bond acceptors (Lipinski definition) is 7. The molecule has 1 aliphatic rings. The van der Waals surface area contributed by atoms with Gasteiger partial charge in [0.15, 0.2) is 20.7 Å². The first-order valence-corrected chi connectivity index (χ1v) is 12.8. The Morgan fingerprint density at radius 3 is 2.31 bits per heavy atom. The van der Waals surface area contributed by atoms with E-state index in [9.17, 15) is 15.0 Å². The van der Waals surface area contributed by atoms with E-state index in [4.69, 9.17) is 18.6 Å². The second-order valence-electron chi connectivity index (χ2n) is 8.96. The Balaban J connectivity index is 2.12. The highest BCUT2D eigenvalue weighted by molar-refractivity contribution is 6.74. The van der Waals surface area contributed by atoms with Gasteiger partial charge >= 0.3 is 5.97 Å². The van der Waals surface area contributed by atoms with Crippen LogP contribution in [0.2, 0.25) is 18.1 Å². The summed E-state index contributed by atoms with van der Waals surface area (Å²) in [6.07, 6.45) is -5.43.